The van der Waals surface area contributed by atoms with E-state index in [0.29, 0.717) is 12.1 Å². The molecule has 1 aromatic rings. The molecule has 106 valence electrons. The molecule has 0 aliphatic carbocycles. The minimum Gasteiger partial charge on any atom is -0.465 e. The van der Waals surface area contributed by atoms with Gasteiger partial charge in [-0.25, -0.2) is 0 Å². The maximum atomic E-state index is 9.92. The van der Waals surface area contributed by atoms with E-state index in [1.54, 1.807) is 0 Å². The van der Waals surface area contributed by atoms with Crippen LogP contribution in [0.3, 0.4) is 0 Å². The van der Waals surface area contributed by atoms with E-state index in [4.69, 9.17) is 10.2 Å². The summed E-state index contributed by atoms with van der Waals surface area (Å²) >= 11 is 0. The lowest BCUT2D eigenvalue weighted by Crippen LogP contribution is -2.50. The smallest absolute Gasteiger partial charge is 0.122 e. The van der Waals surface area contributed by atoms with Gasteiger partial charge < -0.3 is 15.3 Å². The van der Waals surface area contributed by atoms with Gasteiger partial charge in [0.05, 0.1) is 12.1 Å². The molecule has 0 aromatic carbocycles. The van der Waals surface area contributed by atoms with Gasteiger partial charge in [-0.1, -0.05) is 0 Å². The Bertz CT molecular complexity index is 429. The van der Waals surface area contributed by atoms with Gasteiger partial charge in [0.1, 0.15) is 11.5 Å². The molecule has 0 amide bonds. The van der Waals surface area contributed by atoms with Crippen molar-refractivity contribution < 1.29 is 9.52 Å². The van der Waals surface area contributed by atoms with Crippen LogP contribution in [-0.4, -0.2) is 34.2 Å². The van der Waals surface area contributed by atoms with Crippen LogP contribution in [0.15, 0.2) is 16.5 Å². The van der Waals surface area contributed by atoms with E-state index in [9.17, 15) is 5.11 Å². The van der Waals surface area contributed by atoms with E-state index in [2.05, 4.69) is 4.90 Å². The molecule has 3 heterocycles. The molecule has 4 nitrogen and oxygen atoms in total. The van der Waals surface area contributed by atoms with E-state index >= 15 is 0 Å². The summed E-state index contributed by atoms with van der Waals surface area (Å²) in [5.74, 6) is 1.91. The molecule has 2 aliphatic rings. The summed E-state index contributed by atoms with van der Waals surface area (Å²) in [5, 5.41) is 9.92. The fourth-order valence-corrected chi connectivity index (χ4v) is 3.93. The zero-order valence-electron chi connectivity index (χ0n) is 11.7. The van der Waals surface area contributed by atoms with Crippen LogP contribution in [-0.2, 0) is 0 Å². The van der Waals surface area contributed by atoms with Crippen LogP contribution in [0.4, 0.5) is 0 Å². The summed E-state index contributed by atoms with van der Waals surface area (Å²) in [7, 11) is 0. The number of aryl methyl sites for hydroxylation is 1. The van der Waals surface area contributed by atoms with Crippen molar-refractivity contribution in [3.63, 3.8) is 0 Å². The Balaban J connectivity index is 1.89. The molecule has 2 aliphatic heterocycles. The molecule has 4 unspecified atom stereocenters. The van der Waals surface area contributed by atoms with Gasteiger partial charge in [0.15, 0.2) is 0 Å². The fraction of sp³-hybridized carbons (Fsp3) is 0.733. The van der Waals surface area contributed by atoms with Gasteiger partial charge in [-0.05, 0) is 51.7 Å². The monoisotopic (exact) mass is 264 g/mol. The molecule has 2 saturated heterocycles. The van der Waals surface area contributed by atoms with Crippen LogP contribution in [0.5, 0.6) is 0 Å². The molecular weight excluding hydrogens is 240 g/mol. The molecule has 3 N–H and O–H groups in total. The summed E-state index contributed by atoms with van der Waals surface area (Å²) in [5.41, 5.74) is 6.23. The van der Waals surface area contributed by atoms with Crippen LogP contribution in [0.2, 0.25) is 0 Å². The Morgan fingerprint density at radius 3 is 2.42 bits per heavy atom. The molecule has 1 aromatic heterocycles. The number of hydrogen-bond donors (Lipinski definition) is 2. The van der Waals surface area contributed by atoms with Gasteiger partial charge in [0, 0.05) is 18.1 Å². The number of piperidine rings is 1. The van der Waals surface area contributed by atoms with Gasteiger partial charge in [-0.15, -0.1) is 0 Å². The minimum atomic E-state index is -0.138. The second-order valence-electron chi connectivity index (χ2n) is 6.21. The Morgan fingerprint density at radius 2 is 1.95 bits per heavy atom. The number of fused-ring (bicyclic) bond motifs is 2. The van der Waals surface area contributed by atoms with Crippen LogP contribution >= 0.6 is 0 Å². The van der Waals surface area contributed by atoms with Gasteiger partial charge in [0.25, 0.3) is 0 Å². The van der Waals surface area contributed by atoms with Gasteiger partial charge in [-0.3, -0.25) is 4.90 Å². The van der Waals surface area contributed by atoms with Crippen molar-refractivity contribution in [3.05, 3.63) is 23.7 Å². The SMILES string of the molecule is Cc1ccc(C(C(C)N)N2C3CCC2CC(O)C3)o1. The standard InChI is InChI=1S/C15H24N2O2/c1-9-3-6-14(19-9)15(10(2)16)17-11-4-5-12(17)8-13(18)7-11/h3,6,10-13,15,18H,4-5,7-8,16H2,1-2H3. The van der Waals surface area contributed by atoms with E-state index in [1.807, 2.05) is 26.0 Å². The molecule has 3 rings (SSSR count). The lowest BCUT2D eigenvalue weighted by molar-refractivity contribution is -0.00176. The van der Waals surface area contributed by atoms with Crippen molar-refractivity contribution in [2.45, 2.75) is 69.8 Å². The van der Waals surface area contributed by atoms with Crippen LogP contribution < -0.4 is 5.73 Å². The number of nitrogens with two attached hydrogens (primary N) is 1. The van der Waals surface area contributed by atoms with Gasteiger partial charge >= 0.3 is 0 Å². The third-order valence-electron chi connectivity index (χ3n) is 4.64. The van der Waals surface area contributed by atoms with Crippen molar-refractivity contribution in [1.29, 1.82) is 0 Å². The molecule has 0 radical (unpaired) electrons. The molecule has 0 saturated carbocycles. The van der Waals surface area contributed by atoms with Crippen molar-refractivity contribution in [3.8, 4) is 0 Å². The predicted octanol–water partition coefficient (Wildman–Crippen LogP) is 1.96. The highest BCUT2D eigenvalue weighted by atomic mass is 16.3. The lowest BCUT2D eigenvalue weighted by atomic mass is 9.94. The highest BCUT2D eigenvalue weighted by Crippen LogP contribution is 2.42. The number of furan rings is 1. The zero-order chi connectivity index (χ0) is 13.6. The first-order valence-electron chi connectivity index (χ1n) is 7.33. The number of nitrogens with zero attached hydrogens (tertiary/aromatic N) is 1. The topological polar surface area (TPSA) is 62.6 Å². The molecule has 2 bridgehead atoms. The van der Waals surface area contributed by atoms with Crippen LogP contribution in [0.1, 0.15) is 50.2 Å². The Morgan fingerprint density at radius 1 is 1.32 bits per heavy atom. The van der Waals surface area contributed by atoms with E-state index in [-0.39, 0.29) is 18.2 Å². The van der Waals surface area contributed by atoms with E-state index < -0.39 is 0 Å². The average Bonchev–Trinajstić information content (AvgIpc) is 2.84. The number of aliphatic hydroxyl groups excluding tert-OH is 1. The summed E-state index contributed by atoms with van der Waals surface area (Å²) in [4.78, 5) is 2.51. The molecule has 4 heteroatoms. The van der Waals surface area contributed by atoms with Crippen LogP contribution in [0.25, 0.3) is 0 Å². The predicted molar refractivity (Wildman–Crippen MR) is 73.7 cm³/mol. The maximum absolute atomic E-state index is 9.92. The second-order valence-corrected chi connectivity index (χ2v) is 6.21. The molecular formula is C15H24N2O2. The number of rotatable bonds is 3. The first kappa shape index (κ1) is 13.2. The van der Waals surface area contributed by atoms with Crippen molar-refractivity contribution in [2.75, 3.05) is 0 Å². The molecule has 4 atom stereocenters. The first-order chi connectivity index (χ1) is 9.06. The average molecular weight is 264 g/mol. The molecule has 2 fully saturated rings. The van der Waals surface area contributed by atoms with Crippen LogP contribution in [0, 0.1) is 6.92 Å². The lowest BCUT2D eigenvalue weighted by Gasteiger charge is -2.43. The fourth-order valence-electron chi connectivity index (χ4n) is 3.93. The minimum absolute atomic E-state index is 0.0314. The quantitative estimate of drug-likeness (QED) is 0.876. The maximum Gasteiger partial charge on any atom is 0.122 e. The summed E-state index contributed by atoms with van der Waals surface area (Å²) in [6.07, 6.45) is 3.95. The summed E-state index contributed by atoms with van der Waals surface area (Å²) in [6.45, 7) is 4.02. The van der Waals surface area contributed by atoms with Crippen molar-refractivity contribution >= 4 is 0 Å². The number of hydrogen-bond acceptors (Lipinski definition) is 4. The summed E-state index contributed by atoms with van der Waals surface area (Å²) < 4.78 is 5.83. The van der Waals surface area contributed by atoms with Gasteiger partial charge in [0.2, 0.25) is 0 Å². The highest BCUT2D eigenvalue weighted by molar-refractivity contribution is 5.14. The van der Waals surface area contributed by atoms with E-state index in [0.717, 1.165) is 24.4 Å². The highest BCUT2D eigenvalue weighted by Gasteiger charge is 2.45. The first-order valence-corrected chi connectivity index (χ1v) is 7.33. The normalized spacial score (nSPS) is 34.4. The largest absolute Gasteiger partial charge is 0.465 e. The van der Waals surface area contributed by atoms with Crippen molar-refractivity contribution in [2.24, 2.45) is 5.73 Å². The Hall–Kier alpha value is -0.840. The summed E-state index contributed by atoms with van der Waals surface area (Å²) in [6, 6.07) is 5.13. The zero-order valence-corrected chi connectivity index (χ0v) is 11.7. The van der Waals surface area contributed by atoms with Crippen molar-refractivity contribution in [1.82, 2.24) is 4.90 Å². The van der Waals surface area contributed by atoms with Gasteiger partial charge in [-0.2, -0.15) is 0 Å². The Labute approximate surface area is 114 Å². The van der Waals surface area contributed by atoms with E-state index in [1.165, 1.54) is 12.8 Å². The Kier molecular flexibility index (Phi) is 3.41. The molecule has 0 spiro atoms. The third kappa shape index (κ3) is 2.33. The third-order valence-corrected chi connectivity index (χ3v) is 4.64. The second kappa shape index (κ2) is 4.93. The number of aliphatic hydroxyl groups is 1. The molecule has 19 heavy (non-hydrogen) atoms.